The van der Waals surface area contributed by atoms with E-state index >= 15 is 0 Å². The first kappa shape index (κ1) is 15.0. The molecule has 1 rings (SSSR count). The van der Waals surface area contributed by atoms with Gasteiger partial charge < -0.3 is 15.2 Å². The normalized spacial score (nSPS) is 12.4. The summed E-state index contributed by atoms with van der Waals surface area (Å²) in [6.45, 7) is 0.755. The number of methoxy groups -OCH3 is 1. The summed E-state index contributed by atoms with van der Waals surface area (Å²) in [5.74, 6) is 0. The van der Waals surface area contributed by atoms with Crippen molar-refractivity contribution in [3.8, 4) is 0 Å². The van der Waals surface area contributed by atoms with Crippen molar-refractivity contribution in [1.29, 1.82) is 0 Å². The fourth-order valence-corrected chi connectivity index (χ4v) is 2.01. The van der Waals surface area contributed by atoms with Crippen molar-refractivity contribution < 1.29 is 14.8 Å². The van der Waals surface area contributed by atoms with Crippen LogP contribution in [0.1, 0.15) is 5.56 Å². The number of ether oxygens (including phenoxy) is 1. The first-order chi connectivity index (χ1) is 8.56. The minimum atomic E-state index is -0.438. The quantitative estimate of drug-likeness (QED) is 0.587. The third kappa shape index (κ3) is 4.69. The van der Waals surface area contributed by atoms with Crippen LogP contribution in [0.25, 0.3) is 0 Å². The van der Waals surface area contributed by atoms with E-state index < -0.39 is 4.92 Å². The van der Waals surface area contributed by atoms with Gasteiger partial charge in [-0.25, -0.2) is 0 Å². The van der Waals surface area contributed by atoms with Gasteiger partial charge in [-0.1, -0.05) is 15.9 Å². The van der Waals surface area contributed by atoms with Crippen molar-refractivity contribution >= 4 is 21.6 Å². The second-order valence-electron chi connectivity index (χ2n) is 3.79. The molecule has 2 N–H and O–H groups in total. The molecule has 7 heteroatoms. The molecule has 0 saturated heterocycles. The van der Waals surface area contributed by atoms with Gasteiger partial charge in [0.05, 0.1) is 24.2 Å². The van der Waals surface area contributed by atoms with Gasteiger partial charge in [-0.15, -0.1) is 0 Å². The van der Waals surface area contributed by atoms with Crippen molar-refractivity contribution in [1.82, 2.24) is 5.32 Å². The van der Waals surface area contributed by atoms with Gasteiger partial charge in [0.2, 0.25) is 0 Å². The number of nitro groups is 1. The van der Waals surface area contributed by atoms with Gasteiger partial charge in [0, 0.05) is 30.3 Å². The number of halogens is 1. The minimum absolute atomic E-state index is 0.0356. The number of aliphatic hydroxyl groups is 1. The Bertz CT molecular complexity index is 414. The monoisotopic (exact) mass is 318 g/mol. The van der Waals surface area contributed by atoms with E-state index in [-0.39, 0.29) is 18.3 Å². The molecular formula is C11H15BrN2O4. The molecule has 0 fully saturated rings. The van der Waals surface area contributed by atoms with E-state index in [1.54, 1.807) is 13.2 Å². The highest BCUT2D eigenvalue weighted by molar-refractivity contribution is 9.10. The molecule has 1 unspecified atom stereocenters. The smallest absolute Gasteiger partial charge is 0.270 e. The highest BCUT2D eigenvalue weighted by atomic mass is 79.9. The number of hydrogen-bond donors (Lipinski definition) is 2. The van der Waals surface area contributed by atoms with Crippen molar-refractivity contribution in [3.63, 3.8) is 0 Å². The number of hydrogen-bond acceptors (Lipinski definition) is 5. The Hall–Kier alpha value is -1.02. The second kappa shape index (κ2) is 7.42. The predicted octanol–water partition coefficient (Wildman–Crippen LogP) is 1.45. The van der Waals surface area contributed by atoms with Crippen molar-refractivity contribution in [2.24, 2.45) is 0 Å². The van der Waals surface area contributed by atoms with E-state index in [1.807, 2.05) is 0 Å². The van der Waals surface area contributed by atoms with Crippen LogP contribution in [-0.2, 0) is 11.3 Å². The van der Waals surface area contributed by atoms with Crippen LogP contribution in [0.15, 0.2) is 22.7 Å². The zero-order chi connectivity index (χ0) is 13.5. The summed E-state index contributed by atoms with van der Waals surface area (Å²) < 4.78 is 5.58. The highest BCUT2D eigenvalue weighted by Gasteiger charge is 2.10. The van der Waals surface area contributed by atoms with Crippen molar-refractivity contribution in [2.45, 2.75) is 12.6 Å². The Morgan fingerprint density at radius 1 is 1.56 bits per heavy atom. The molecule has 0 aliphatic rings. The standard InChI is InChI=1S/C11H15BrN2O4/c1-18-7-10(6-15)13-5-8-2-9(12)4-11(3-8)14(16)17/h2-4,10,13,15H,5-7H2,1H3. The molecule has 0 spiro atoms. The van der Waals surface area contributed by atoms with Gasteiger partial charge in [-0.05, 0) is 11.6 Å². The molecule has 1 atom stereocenters. The largest absolute Gasteiger partial charge is 0.395 e. The summed E-state index contributed by atoms with van der Waals surface area (Å²) in [7, 11) is 1.55. The maximum Gasteiger partial charge on any atom is 0.270 e. The molecule has 18 heavy (non-hydrogen) atoms. The zero-order valence-electron chi connectivity index (χ0n) is 9.93. The molecule has 1 aromatic carbocycles. The van der Waals surface area contributed by atoms with Crippen LogP contribution in [-0.4, -0.2) is 36.4 Å². The van der Waals surface area contributed by atoms with E-state index in [9.17, 15) is 10.1 Å². The average molecular weight is 319 g/mol. The first-order valence-electron chi connectivity index (χ1n) is 5.34. The number of nitro benzene ring substituents is 1. The van der Waals surface area contributed by atoms with Gasteiger partial charge in [0.1, 0.15) is 0 Å². The second-order valence-corrected chi connectivity index (χ2v) is 4.71. The van der Waals surface area contributed by atoms with Crippen LogP contribution in [0, 0.1) is 10.1 Å². The minimum Gasteiger partial charge on any atom is -0.395 e. The summed E-state index contributed by atoms with van der Waals surface area (Å²) in [6.07, 6.45) is 0. The molecule has 0 bridgehead atoms. The van der Waals surface area contributed by atoms with E-state index in [4.69, 9.17) is 9.84 Å². The fraction of sp³-hybridized carbons (Fsp3) is 0.455. The van der Waals surface area contributed by atoms with Gasteiger partial charge in [-0.3, -0.25) is 10.1 Å². The SMILES string of the molecule is COCC(CO)NCc1cc(Br)cc([N+](=O)[O-])c1. The lowest BCUT2D eigenvalue weighted by atomic mass is 10.2. The van der Waals surface area contributed by atoms with Gasteiger partial charge >= 0.3 is 0 Å². The lowest BCUT2D eigenvalue weighted by Gasteiger charge is -2.15. The summed E-state index contributed by atoms with van der Waals surface area (Å²) in [5, 5.41) is 22.8. The van der Waals surface area contributed by atoms with Crippen LogP contribution < -0.4 is 5.32 Å². The third-order valence-electron chi connectivity index (χ3n) is 2.34. The summed E-state index contributed by atoms with van der Waals surface area (Å²) in [6, 6.07) is 4.55. The molecule has 100 valence electrons. The van der Waals surface area contributed by atoms with Crippen LogP contribution in [0.3, 0.4) is 0 Å². The number of non-ortho nitro benzene ring substituents is 1. The molecule has 0 amide bonds. The van der Waals surface area contributed by atoms with Gasteiger partial charge in [-0.2, -0.15) is 0 Å². The molecule has 0 aromatic heterocycles. The number of nitrogens with zero attached hydrogens (tertiary/aromatic N) is 1. The van der Waals surface area contributed by atoms with Crippen LogP contribution >= 0.6 is 15.9 Å². The summed E-state index contributed by atoms with van der Waals surface area (Å²) >= 11 is 3.23. The summed E-state index contributed by atoms with van der Waals surface area (Å²) in [5.41, 5.74) is 0.805. The van der Waals surface area contributed by atoms with Gasteiger partial charge in [0.15, 0.2) is 0 Å². The fourth-order valence-electron chi connectivity index (χ4n) is 1.48. The third-order valence-corrected chi connectivity index (χ3v) is 2.79. The molecule has 0 heterocycles. The Morgan fingerprint density at radius 3 is 2.83 bits per heavy atom. The Kier molecular flexibility index (Phi) is 6.20. The average Bonchev–Trinajstić information content (AvgIpc) is 2.33. The van der Waals surface area contributed by atoms with E-state index in [1.165, 1.54) is 12.1 Å². The first-order valence-corrected chi connectivity index (χ1v) is 6.13. The zero-order valence-corrected chi connectivity index (χ0v) is 11.5. The lowest BCUT2D eigenvalue weighted by molar-refractivity contribution is -0.385. The topological polar surface area (TPSA) is 84.6 Å². The molecule has 0 aliphatic heterocycles. The molecular weight excluding hydrogens is 304 g/mol. The highest BCUT2D eigenvalue weighted by Crippen LogP contribution is 2.21. The van der Waals surface area contributed by atoms with Crippen LogP contribution in [0.4, 0.5) is 5.69 Å². The summed E-state index contributed by atoms with van der Waals surface area (Å²) in [4.78, 5) is 10.3. The molecule has 0 saturated carbocycles. The number of benzene rings is 1. The van der Waals surface area contributed by atoms with Crippen LogP contribution in [0.2, 0.25) is 0 Å². The van der Waals surface area contributed by atoms with E-state index in [2.05, 4.69) is 21.2 Å². The number of rotatable bonds is 7. The molecule has 1 aromatic rings. The molecule has 6 nitrogen and oxygen atoms in total. The van der Waals surface area contributed by atoms with E-state index in [0.29, 0.717) is 17.6 Å². The number of aliphatic hydroxyl groups excluding tert-OH is 1. The Balaban J connectivity index is 2.69. The van der Waals surface area contributed by atoms with Crippen molar-refractivity contribution in [3.05, 3.63) is 38.3 Å². The lowest BCUT2D eigenvalue weighted by Crippen LogP contribution is -2.35. The maximum atomic E-state index is 10.7. The van der Waals surface area contributed by atoms with Gasteiger partial charge in [0.25, 0.3) is 5.69 Å². The number of nitrogens with one attached hydrogen (secondary N) is 1. The van der Waals surface area contributed by atoms with Crippen LogP contribution in [0.5, 0.6) is 0 Å². The Labute approximate surface area is 113 Å². The predicted molar refractivity (Wildman–Crippen MR) is 70.4 cm³/mol. The van der Waals surface area contributed by atoms with Crippen molar-refractivity contribution in [2.75, 3.05) is 20.3 Å². The molecule has 0 aliphatic carbocycles. The Morgan fingerprint density at radius 2 is 2.28 bits per heavy atom. The maximum absolute atomic E-state index is 10.7. The van der Waals surface area contributed by atoms with E-state index in [0.717, 1.165) is 5.56 Å². The molecule has 0 radical (unpaired) electrons.